The van der Waals surface area contributed by atoms with Gasteiger partial charge in [-0.25, -0.2) is 4.79 Å². The molecule has 2 atom stereocenters. The molecular formula is C54H60ClN11O9S. The molecular weight excluding hydrogens is 1010 g/mol. The molecule has 0 fully saturated rings. The van der Waals surface area contributed by atoms with Crippen LogP contribution in [0.15, 0.2) is 81.3 Å². The van der Waals surface area contributed by atoms with Crippen LogP contribution in [0.4, 0.5) is 0 Å². The number of nitrogens with zero attached hydrogens (tertiary/aromatic N) is 9. The third-order valence-corrected chi connectivity index (χ3v) is 14.7. The largest absolute Gasteiger partial charge is 0.496 e. The first-order chi connectivity index (χ1) is 36.8. The zero-order valence-electron chi connectivity index (χ0n) is 43.5. The predicted molar refractivity (Wildman–Crippen MR) is 288 cm³/mol. The molecule has 76 heavy (non-hydrogen) atoms. The Bertz CT molecular complexity index is 3440. The summed E-state index contributed by atoms with van der Waals surface area (Å²) >= 11 is 7.90. The van der Waals surface area contributed by atoms with Crippen LogP contribution in [-0.2, 0) is 35.1 Å². The molecule has 8 aromatic rings. The van der Waals surface area contributed by atoms with E-state index in [-0.39, 0.29) is 43.6 Å². The van der Waals surface area contributed by atoms with E-state index in [9.17, 15) is 14.4 Å². The number of fused-ring (bicyclic) bond motifs is 6. The van der Waals surface area contributed by atoms with Gasteiger partial charge in [0.15, 0.2) is 5.82 Å². The van der Waals surface area contributed by atoms with Crippen LogP contribution in [0.1, 0.15) is 75.8 Å². The molecule has 1 aliphatic heterocycles. The number of aromatic nitrogens is 8. The summed E-state index contributed by atoms with van der Waals surface area (Å²) in [7, 11) is 1.59. The summed E-state index contributed by atoms with van der Waals surface area (Å²) in [5.41, 5.74) is 8.12. The van der Waals surface area contributed by atoms with Gasteiger partial charge in [0.25, 0.3) is 0 Å². The number of imidazole rings is 1. The Morgan fingerprint density at radius 2 is 1.53 bits per heavy atom. The van der Waals surface area contributed by atoms with E-state index in [1.807, 2.05) is 86.9 Å². The molecule has 398 valence electrons. The van der Waals surface area contributed by atoms with Gasteiger partial charge in [-0.1, -0.05) is 35.0 Å². The SMILES string of the molecule is COc1cc2c(cc1-c1c(C)noc1C)ncc1c2n(C(C)c2ccccn2)c(=O)n1CC(=O)NCCOCCOCCOCCOCCNC(=O)C[C@@H]1N=C(c2ccc(Cl)cc2)c2c(sc(C)c2C)-n2c(C)nnc21. The van der Waals surface area contributed by atoms with Crippen molar-refractivity contribution < 1.29 is 37.8 Å². The molecule has 2 N–H and O–H groups in total. The van der Waals surface area contributed by atoms with E-state index in [4.69, 9.17) is 49.8 Å². The molecule has 0 saturated heterocycles. The number of hydrogen-bond donors (Lipinski definition) is 2. The Kier molecular flexibility index (Phi) is 17.1. The Morgan fingerprint density at radius 1 is 0.842 bits per heavy atom. The standard InChI is InChI=1S/C54H60ClN11O9S/c1-31-35(5)76-53-48(31)50(37-11-13-38(55)14-12-37)60-43(52-62-61-36(6)66(52)53)28-46(67)57-16-18-71-20-22-73-24-25-74-23-21-72-19-17-58-47(68)30-64-44-29-59-42-26-40(49-32(2)63-75-34(49)4)45(70-7)27-39(42)51(44)65(54(64)69)33(3)41-10-8-9-15-56-41/h8-15,26-27,29,33,43H,16-25,28,30H2,1-7H3,(H,57,67)(H,58,68)/t33?,43-/m0/s1. The topological polar surface area (TPSA) is 226 Å². The lowest BCUT2D eigenvalue weighted by Crippen LogP contribution is -2.35. The number of ether oxygens (including phenoxy) is 5. The van der Waals surface area contributed by atoms with Crippen LogP contribution in [0.3, 0.4) is 0 Å². The molecule has 1 aliphatic rings. The smallest absolute Gasteiger partial charge is 0.330 e. The number of thiophene rings is 1. The summed E-state index contributed by atoms with van der Waals surface area (Å²) in [5, 5.41) is 21.1. The number of pyridine rings is 2. The van der Waals surface area contributed by atoms with Crippen molar-refractivity contribution in [3.8, 4) is 21.9 Å². The van der Waals surface area contributed by atoms with Crippen molar-refractivity contribution in [3.05, 3.63) is 133 Å². The van der Waals surface area contributed by atoms with Gasteiger partial charge in [-0.2, -0.15) is 0 Å². The van der Waals surface area contributed by atoms with Crippen LogP contribution in [0.25, 0.3) is 38.1 Å². The second-order valence-corrected chi connectivity index (χ2v) is 19.8. The summed E-state index contributed by atoms with van der Waals surface area (Å²) in [4.78, 5) is 56.6. The third-order valence-electron chi connectivity index (χ3n) is 13.2. The lowest BCUT2D eigenvalue weighted by molar-refractivity contribution is -0.122. The average Bonchev–Trinajstić information content (AvgIpc) is 4.13. The molecule has 9 rings (SSSR count). The molecule has 1 unspecified atom stereocenters. The van der Waals surface area contributed by atoms with Gasteiger partial charge in [-0.15, -0.1) is 21.5 Å². The molecule has 0 radical (unpaired) electrons. The van der Waals surface area contributed by atoms with Gasteiger partial charge in [0.1, 0.15) is 34.9 Å². The van der Waals surface area contributed by atoms with Crippen molar-refractivity contribution in [2.45, 2.75) is 66.6 Å². The highest BCUT2D eigenvalue weighted by atomic mass is 35.5. The molecule has 7 heterocycles. The minimum Gasteiger partial charge on any atom is -0.496 e. The van der Waals surface area contributed by atoms with E-state index in [1.54, 1.807) is 35.4 Å². The van der Waals surface area contributed by atoms with Crippen molar-refractivity contribution in [2.75, 3.05) is 73.1 Å². The van der Waals surface area contributed by atoms with E-state index in [0.29, 0.717) is 108 Å². The predicted octanol–water partition coefficient (Wildman–Crippen LogP) is 7.14. The Balaban J connectivity index is 0.680. The Morgan fingerprint density at radius 3 is 2.17 bits per heavy atom. The molecule has 6 aromatic heterocycles. The van der Waals surface area contributed by atoms with Crippen molar-refractivity contribution in [3.63, 3.8) is 0 Å². The van der Waals surface area contributed by atoms with E-state index in [1.165, 1.54) is 9.44 Å². The minimum absolute atomic E-state index is 0.0836. The summed E-state index contributed by atoms with van der Waals surface area (Å²) in [5.74, 6) is 2.00. The maximum absolute atomic E-state index is 14.3. The van der Waals surface area contributed by atoms with Gasteiger partial charge < -0.3 is 38.8 Å². The minimum atomic E-state index is -0.563. The second kappa shape index (κ2) is 24.2. The summed E-state index contributed by atoms with van der Waals surface area (Å²) < 4.78 is 39.1. The van der Waals surface area contributed by atoms with Crippen LogP contribution in [0.2, 0.25) is 5.02 Å². The fraction of sp³-hybridized carbons (Fsp3) is 0.389. The average molecular weight is 1070 g/mol. The van der Waals surface area contributed by atoms with Gasteiger partial charge in [0.05, 0.1) is 118 Å². The number of aryl methyl sites for hydroxylation is 4. The van der Waals surface area contributed by atoms with Gasteiger partial charge >= 0.3 is 5.69 Å². The molecule has 0 bridgehead atoms. The quantitative estimate of drug-likeness (QED) is 0.0574. The first-order valence-corrected chi connectivity index (χ1v) is 26.2. The van der Waals surface area contributed by atoms with E-state index in [0.717, 1.165) is 44.4 Å². The van der Waals surface area contributed by atoms with Gasteiger partial charge in [0.2, 0.25) is 11.8 Å². The van der Waals surface area contributed by atoms with Gasteiger partial charge in [0, 0.05) is 51.3 Å². The fourth-order valence-corrected chi connectivity index (χ4v) is 10.7. The van der Waals surface area contributed by atoms with Gasteiger partial charge in [-0.3, -0.25) is 38.3 Å². The number of amides is 2. The summed E-state index contributed by atoms with van der Waals surface area (Å²) in [6.45, 7) is 14.6. The number of methoxy groups -OCH3 is 1. The van der Waals surface area contributed by atoms with E-state index in [2.05, 4.69) is 44.8 Å². The lowest BCUT2D eigenvalue weighted by Gasteiger charge is -2.15. The van der Waals surface area contributed by atoms with E-state index >= 15 is 0 Å². The lowest BCUT2D eigenvalue weighted by atomic mass is 9.99. The first kappa shape index (κ1) is 53.7. The third kappa shape index (κ3) is 11.5. The normalized spacial score (nSPS) is 13.6. The molecule has 20 nitrogen and oxygen atoms in total. The number of rotatable bonds is 24. The molecule has 2 aromatic carbocycles. The molecule has 22 heteroatoms. The number of carbonyl (C=O) groups excluding carboxylic acids is 2. The van der Waals surface area contributed by atoms with Crippen molar-refractivity contribution in [2.24, 2.45) is 4.99 Å². The number of carbonyl (C=O) groups is 2. The van der Waals surface area contributed by atoms with Crippen LogP contribution in [-0.4, -0.2) is 130 Å². The van der Waals surface area contributed by atoms with Crippen LogP contribution in [0.5, 0.6) is 5.75 Å². The maximum atomic E-state index is 14.3. The first-order valence-electron chi connectivity index (χ1n) is 25.0. The van der Waals surface area contributed by atoms with Crippen LogP contribution in [0, 0.1) is 34.6 Å². The van der Waals surface area contributed by atoms with Crippen LogP contribution >= 0.6 is 22.9 Å². The summed E-state index contributed by atoms with van der Waals surface area (Å²) in [6.07, 6.45) is 3.39. The highest BCUT2D eigenvalue weighted by Crippen LogP contribution is 2.41. The molecule has 0 aliphatic carbocycles. The van der Waals surface area contributed by atoms with Gasteiger partial charge in [-0.05, 0) is 83.5 Å². The Hall–Kier alpha value is -7.14. The monoisotopic (exact) mass is 1070 g/mol. The highest BCUT2D eigenvalue weighted by molar-refractivity contribution is 7.15. The van der Waals surface area contributed by atoms with E-state index < -0.39 is 12.1 Å². The number of halogens is 1. The van der Waals surface area contributed by atoms with Crippen molar-refractivity contribution in [1.29, 1.82) is 0 Å². The zero-order chi connectivity index (χ0) is 53.5. The van der Waals surface area contributed by atoms with Crippen molar-refractivity contribution >= 4 is 62.4 Å². The zero-order valence-corrected chi connectivity index (χ0v) is 45.0. The highest BCUT2D eigenvalue weighted by Gasteiger charge is 2.33. The van der Waals surface area contributed by atoms with Crippen molar-refractivity contribution in [1.82, 2.24) is 49.7 Å². The number of benzene rings is 2. The number of aliphatic imine (C=N–C) groups is 1. The summed E-state index contributed by atoms with van der Waals surface area (Å²) in [6, 6.07) is 15.9. The molecule has 0 spiro atoms. The number of hydrogen-bond acceptors (Lipinski definition) is 16. The molecule has 2 amide bonds. The van der Waals surface area contributed by atoms with Crippen LogP contribution < -0.4 is 21.1 Å². The maximum Gasteiger partial charge on any atom is 0.330 e. The second-order valence-electron chi connectivity index (χ2n) is 18.2. The molecule has 0 saturated carbocycles. The number of nitrogens with one attached hydrogen (secondary N) is 2. The fourth-order valence-electron chi connectivity index (χ4n) is 9.34. The Labute approximate surface area is 447 Å².